The van der Waals surface area contributed by atoms with E-state index in [1.807, 2.05) is 49.9 Å². The molecular formula is C48H54N8O6. The number of alkyl carbamates (subject to hydrolysis) is 2. The molecule has 3 aromatic carbocycles. The van der Waals surface area contributed by atoms with Crippen molar-refractivity contribution in [3.63, 3.8) is 0 Å². The van der Waals surface area contributed by atoms with Gasteiger partial charge in [0.25, 0.3) is 0 Å². The number of rotatable bonds is 11. The van der Waals surface area contributed by atoms with Gasteiger partial charge in [-0.3, -0.25) is 9.59 Å². The number of methoxy groups -OCH3 is 2. The first-order chi connectivity index (χ1) is 29.7. The maximum absolute atomic E-state index is 14.0. The number of carbonyl (C=O) groups excluding carboxylic acids is 4. The van der Waals surface area contributed by atoms with Gasteiger partial charge in [0.2, 0.25) is 11.8 Å². The van der Waals surface area contributed by atoms with E-state index in [1.54, 1.807) is 0 Å². The lowest BCUT2D eigenvalue weighted by Gasteiger charge is -2.31. The lowest BCUT2D eigenvalue weighted by molar-refractivity contribution is -0.137. The summed E-state index contributed by atoms with van der Waals surface area (Å²) >= 11 is 0. The lowest BCUT2D eigenvalue weighted by Crippen LogP contribution is -2.52. The maximum Gasteiger partial charge on any atom is 0.407 e. The molecule has 322 valence electrons. The largest absolute Gasteiger partial charge is 0.453 e. The zero-order chi connectivity index (χ0) is 43.6. The van der Waals surface area contributed by atoms with Crippen molar-refractivity contribution in [3.8, 4) is 33.6 Å². The Morgan fingerprint density at radius 3 is 1.77 bits per heavy atom. The van der Waals surface area contributed by atoms with E-state index < -0.39 is 24.3 Å². The van der Waals surface area contributed by atoms with E-state index in [2.05, 4.69) is 95.1 Å². The van der Waals surface area contributed by atoms with Gasteiger partial charge in [0.05, 0.1) is 50.1 Å². The smallest absolute Gasteiger partial charge is 0.407 e. The van der Waals surface area contributed by atoms with Crippen molar-refractivity contribution in [2.45, 2.75) is 90.6 Å². The Balaban J connectivity index is 0.835. The second kappa shape index (κ2) is 14.2. The fourth-order valence-corrected chi connectivity index (χ4v) is 11.1. The number of hydrogen-bond acceptors (Lipinski definition) is 8. The molecule has 6 fully saturated rings. The van der Waals surface area contributed by atoms with Gasteiger partial charge in [0.1, 0.15) is 23.7 Å². The number of nitrogens with zero attached hydrogens (tertiary/aromatic N) is 4. The second-order valence-electron chi connectivity index (χ2n) is 19.3. The Hall–Kier alpha value is -6.18. The minimum atomic E-state index is -0.692. The summed E-state index contributed by atoms with van der Waals surface area (Å²) < 4.78 is 9.66. The molecule has 0 radical (unpaired) electrons. The van der Waals surface area contributed by atoms with Crippen molar-refractivity contribution in [2.24, 2.45) is 34.5 Å². The number of piperidine rings is 2. The van der Waals surface area contributed by atoms with Crippen LogP contribution in [-0.2, 0) is 19.1 Å². The highest BCUT2D eigenvalue weighted by molar-refractivity contribution is 5.91. The standard InChI is InChI=1S/C48H54N8O6/c1-23(2)37(53-45(59)61-7)43(57)55-33(19-47(5)20-34(47)55)41-49-21-31(51-41)26-11-9-25(10-12-26)27-13-14-29-18-30(16-15-28(29)17-27)32-22-50-42(52-32)39-35-36-40(48(35,36)6)56(39)44(58)38(24(3)4)54-46(60)62-8/h9-18,21-24,33-40H,19-20H2,1-8H3,(H,49,51)(H,50,52)(H,53,59)(H,54,60)/t33-,34-,35?,36?,37-,38-,39-,40-,47+,48+/m0/s1. The zero-order valence-corrected chi connectivity index (χ0v) is 36.4. The van der Waals surface area contributed by atoms with Crippen LogP contribution >= 0.6 is 0 Å². The highest BCUT2D eigenvalue weighted by atomic mass is 16.5. The van der Waals surface area contributed by atoms with Crippen molar-refractivity contribution in [3.05, 3.63) is 84.7 Å². The van der Waals surface area contributed by atoms with E-state index in [9.17, 15) is 19.2 Å². The first-order valence-electron chi connectivity index (χ1n) is 21.7. The predicted octanol–water partition coefficient (Wildman–Crippen LogP) is 7.62. The van der Waals surface area contributed by atoms with Gasteiger partial charge in [-0.05, 0) is 86.9 Å². The number of likely N-dealkylation sites (tertiary alicyclic amines) is 1. The SMILES string of the molecule is COC(=O)N[C@H](C(=O)N1[C@H](c2ncc(-c3ccc4cc(-c5ccc(-c6cnc([C@@H]7C[C@]8(C)C[C@@H]8N7C(=O)[C@@H](NC(=O)OC)C(C)C)[nH]6)cc5)ccc4c3)[nH]2)C2C3[C@H]1[C@]23C)C(C)C. The molecular weight excluding hydrogens is 785 g/mol. The number of imidazole rings is 2. The molecule has 3 saturated carbocycles. The summed E-state index contributed by atoms with van der Waals surface area (Å²) in [6.45, 7) is 12.2. The van der Waals surface area contributed by atoms with E-state index in [0.717, 1.165) is 68.9 Å². The summed E-state index contributed by atoms with van der Waals surface area (Å²) in [5.41, 5.74) is 6.11. The number of nitrogens with one attached hydrogen (secondary N) is 4. The fraction of sp³-hybridized carbons (Fsp3) is 0.458. The van der Waals surface area contributed by atoms with E-state index in [4.69, 9.17) is 19.4 Å². The maximum atomic E-state index is 14.0. The molecule has 2 bridgehead atoms. The Morgan fingerprint density at radius 1 is 0.677 bits per heavy atom. The zero-order valence-electron chi connectivity index (χ0n) is 36.4. The van der Waals surface area contributed by atoms with Crippen LogP contribution in [0.2, 0.25) is 0 Å². The molecule has 4 N–H and O–H groups in total. The summed E-state index contributed by atoms with van der Waals surface area (Å²) in [5, 5.41) is 7.73. The van der Waals surface area contributed by atoms with Crippen LogP contribution in [0.1, 0.15) is 78.1 Å². The molecule has 10 atom stereocenters. The van der Waals surface area contributed by atoms with Crippen LogP contribution in [0, 0.1) is 34.5 Å². The van der Waals surface area contributed by atoms with Gasteiger partial charge >= 0.3 is 12.2 Å². The molecule has 0 spiro atoms. The number of hydrogen-bond donors (Lipinski definition) is 4. The highest BCUT2D eigenvalue weighted by Gasteiger charge is 2.94. The Bertz CT molecular complexity index is 2640. The van der Waals surface area contributed by atoms with Gasteiger partial charge < -0.3 is 39.9 Å². The molecule has 2 unspecified atom stereocenters. The number of fused-ring (bicyclic) bond motifs is 3. The number of H-pyrrole nitrogens is 2. The quantitative estimate of drug-likeness (QED) is 0.105. The van der Waals surface area contributed by atoms with Crippen molar-refractivity contribution in [1.82, 2.24) is 40.4 Å². The van der Waals surface area contributed by atoms with Gasteiger partial charge in [-0.25, -0.2) is 19.6 Å². The van der Waals surface area contributed by atoms with Gasteiger partial charge in [0, 0.05) is 17.6 Å². The third kappa shape index (κ3) is 6.18. The molecule has 6 aliphatic rings. The molecule has 5 aromatic rings. The van der Waals surface area contributed by atoms with Gasteiger partial charge in [-0.2, -0.15) is 0 Å². The molecule has 3 saturated heterocycles. The minimum Gasteiger partial charge on any atom is -0.453 e. The minimum absolute atomic E-state index is 0.0386. The Labute approximate surface area is 360 Å². The lowest BCUT2D eigenvalue weighted by atomic mass is 9.98. The van der Waals surface area contributed by atoms with Crippen LogP contribution in [-0.4, -0.2) is 92.1 Å². The van der Waals surface area contributed by atoms with Crippen LogP contribution in [0.25, 0.3) is 44.4 Å². The van der Waals surface area contributed by atoms with Crippen LogP contribution in [0.5, 0.6) is 0 Å². The second-order valence-corrected chi connectivity index (χ2v) is 19.3. The van der Waals surface area contributed by atoms with E-state index in [1.165, 1.54) is 14.2 Å². The number of aromatic amines is 2. The summed E-state index contributed by atoms with van der Waals surface area (Å²) in [5.74, 6) is 1.97. The van der Waals surface area contributed by atoms with Crippen molar-refractivity contribution < 1.29 is 28.7 Å². The Morgan fingerprint density at radius 2 is 1.18 bits per heavy atom. The monoisotopic (exact) mass is 838 g/mol. The van der Waals surface area contributed by atoms with Gasteiger partial charge in [-0.1, -0.05) is 90.1 Å². The third-order valence-electron chi connectivity index (χ3n) is 14.9. The van der Waals surface area contributed by atoms with Gasteiger partial charge in [-0.15, -0.1) is 0 Å². The van der Waals surface area contributed by atoms with Crippen molar-refractivity contribution in [1.29, 1.82) is 0 Å². The summed E-state index contributed by atoms with van der Waals surface area (Å²) in [6.07, 6.45) is 4.23. The molecule has 4 amide bonds. The van der Waals surface area contributed by atoms with Crippen LogP contribution in [0.15, 0.2) is 73.1 Å². The van der Waals surface area contributed by atoms with Crippen LogP contribution in [0.3, 0.4) is 0 Å². The molecule has 11 rings (SSSR count). The van der Waals surface area contributed by atoms with Crippen molar-refractivity contribution >= 4 is 34.8 Å². The van der Waals surface area contributed by atoms with E-state index in [0.29, 0.717) is 11.8 Å². The number of benzene rings is 3. The number of amides is 4. The average Bonchev–Trinajstić information content (AvgIpc) is 3.82. The van der Waals surface area contributed by atoms with Crippen LogP contribution in [0.4, 0.5) is 9.59 Å². The van der Waals surface area contributed by atoms with E-state index in [-0.39, 0.29) is 58.6 Å². The fourth-order valence-electron chi connectivity index (χ4n) is 11.1. The molecule has 2 aromatic heterocycles. The number of aromatic nitrogens is 4. The van der Waals surface area contributed by atoms with E-state index >= 15 is 0 Å². The van der Waals surface area contributed by atoms with Crippen LogP contribution < -0.4 is 10.6 Å². The summed E-state index contributed by atoms with van der Waals surface area (Å²) in [7, 11) is 2.61. The highest BCUT2D eigenvalue weighted by Crippen LogP contribution is 2.90. The summed E-state index contributed by atoms with van der Waals surface area (Å²) in [4.78, 5) is 72.9. The average molecular weight is 839 g/mol. The first kappa shape index (κ1) is 39.9. The molecule has 14 nitrogen and oxygen atoms in total. The third-order valence-corrected chi connectivity index (χ3v) is 14.9. The number of ether oxygens (including phenoxy) is 2. The molecule has 3 aliphatic heterocycles. The normalized spacial score (nSPS) is 28.4. The number of carbonyl (C=O) groups is 4. The predicted molar refractivity (Wildman–Crippen MR) is 232 cm³/mol. The van der Waals surface area contributed by atoms with Gasteiger partial charge in [0.15, 0.2) is 0 Å². The first-order valence-corrected chi connectivity index (χ1v) is 21.7. The molecule has 62 heavy (non-hydrogen) atoms. The Kier molecular flexibility index (Phi) is 9.13. The molecule has 3 aliphatic carbocycles. The molecule has 5 heterocycles. The van der Waals surface area contributed by atoms with Crippen molar-refractivity contribution in [2.75, 3.05) is 14.2 Å². The molecule has 14 heteroatoms. The summed E-state index contributed by atoms with van der Waals surface area (Å²) in [6, 6.07) is 19.8. The topological polar surface area (TPSA) is 175 Å².